The number of ether oxygens (including phenoxy) is 1. The summed E-state index contributed by atoms with van der Waals surface area (Å²) in [6.07, 6.45) is 3.16. The molecule has 3 rings (SSSR count). The zero-order chi connectivity index (χ0) is 16.9. The molecule has 0 radical (unpaired) electrons. The fraction of sp³-hybridized carbons (Fsp3) is 0.167. The van der Waals surface area contributed by atoms with E-state index in [1.165, 1.54) is 12.3 Å². The van der Waals surface area contributed by atoms with Crippen LogP contribution in [-0.4, -0.2) is 17.0 Å². The molecule has 6 nitrogen and oxygen atoms in total. The summed E-state index contributed by atoms with van der Waals surface area (Å²) in [7, 11) is 1.67. The highest BCUT2D eigenvalue weighted by atomic mass is 16.6. The molecular formula is C18H17N3O3. The van der Waals surface area contributed by atoms with Crippen molar-refractivity contribution in [3.8, 4) is 0 Å². The standard InChI is InChI=1S/C18H17N3O3/c1-24-12-14-5-3-2-4-13(14)10-20-17-6-7-18(21(22)23)16-11-19-9-8-15(16)17/h2-9,11,20H,10,12H2,1H3. The Balaban J connectivity index is 1.92. The maximum Gasteiger partial charge on any atom is 0.278 e. The molecule has 0 saturated carbocycles. The van der Waals surface area contributed by atoms with Gasteiger partial charge < -0.3 is 10.1 Å². The number of methoxy groups -OCH3 is 1. The Morgan fingerprint density at radius 1 is 1.12 bits per heavy atom. The van der Waals surface area contributed by atoms with Crippen LogP contribution in [0.3, 0.4) is 0 Å². The fourth-order valence-corrected chi connectivity index (χ4v) is 2.71. The Hall–Kier alpha value is -2.99. The monoisotopic (exact) mass is 323 g/mol. The number of hydrogen-bond acceptors (Lipinski definition) is 5. The van der Waals surface area contributed by atoms with E-state index in [1.54, 1.807) is 25.4 Å². The first kappa shape index (κ1) is 15.9. The molecule has 2 aromatic carbocycles. The molecule has 0 spiro atoms. The predicted octanol–water partition coefficient (Wildman–Crippen LogP) is 3.90. The van der Waals surface area contributed by atoms with Crippen LogP contribution >= 0.6 is 0 Å². The third-order valence-electron chi connectivity index (χ3n) is 3.88. The molecule has 6 heteroatoms. The van der Waals surface area contributed by atoms with E-state index in [-0.39, 0.29) is 10.6 Å². The lowest BCUT2D eigenvalue weighted by Crippen LogP contribution is -2.04. The smallest absolute Gasteiger partial charge is 0.278 e. The number of hydrogen-bond donors (Lipinski definition) is 1. The van der Waals surface area contributed by atoms with Gasteiger partial charge in [0.15, 0.2) is 0 Å². The maximum atomic E-state index is 11.2. The third kappa shape index (κ3) is 3.18. The van der Waals surface area contributed by atoms with Crippen LogP contribution in [0.1, 0.15) is 11.1 Å². The van der Waals surface area contributed by atoms with Crippen molar-refractivity contribution in [3.05, 3.63) is 76.1 Å². The van der Waals surface area contributed by atoms with E-state index in [4.69, 9.17) is 4.74 Å². The Bertz CT molecular complexity index is 880. The van der Waals surface area contributed by atoms with E-state index in [2.05, 4.69) is 10.3 Å². The normalized spacial score (nSPS) is 10.7. The molecule has 0 bridgehead atoms. The lowest BCUT2D eigenvalue weighted by Gasteiger charge is -2.13. The molecule has 0 fully saturated rings. The second kappa shape index (κ2) is 7.06. The number of benzene rings is 2. The summed E-state index contributed by atoms with van der Waals surface area (Å²) in [4.78, 5) is 14.8. The summed E-state index contributed by atoms with van der Waals surface area (Å²) in [6, 6.07) is 13.0. The van der Waals surface area contributed by atoms with E-state index in [0.29, 0.717) is 18.5 Å². The number of rotatable bonds is 6. The van der Waals surface area contributed by atoms with E-state index in [1.807, 2.05) is 24.3 Å². The van der Waals surface area contributed by atoms with Gasteiger partial charge in [-0.1, -0.05) is 24.3 Å². The summed E-state index contributed by atoms with van der Waals surface area (Å²) in [6.45, 7) is 1.15. The lowest BCUT2D eigenvalue weighted by molar-refractivity contribution is -0.383. The van der Waals surface area contributed by atoms with Gasteiger partial charge in [-0.05, 0) is 23.3 Å². The van der Waals surface area contributed by atoms with Crippen LogP contribution in [0.15, 0.2) is 54.9 Å². The van der Waals surface area contributed by atoms with Gasteiger partial charge in [0, 0.05) is 43.2 Å². The van der Waals surface area contributed by atoms with Gasteiger partial charge in [0.2, 0.25) is 0 Å². The molecule has 1 heterocycles. The van der Waals surface area contributed by atoms with Crippen LogP contribution in [-0.2, 0) is 17.9 Å². The van der Waals surface area contributed by atoms with Gasteiger partial charge in [-0.2, -0.15) is 0 Å². The Morgan fingerprint density at radius 3 is 2.67 bits per heavy atom. The molecule has 1 aromatic heterocycles. The molecule has 1 N–H and O–H groups in total. The average molecular weight is 323 g/mol. The minimum Gasteiger partial charge on any atom is -0.380 e. The van der Waals surface area contributed by atoms with Gasteiger partial charge in [-0.3, -0.25) is 15.1 Å². The SMILES string of the molecule is COCc1ccccc1CNc1ccc([N+](=O)[O-])c2cnccc12. The molecule has 0 unspecified atom stereocenters. The Kier molecular flexibility index (Phi) is 4.67. The number of nitro benzene ring substituents is 1. The van der Waals surface area contributed by atoms with Gasteiger partial charge in [-0.15, -0.1) is 0 Å². The summed E-state index contributed by atoms with van der Waals surface area (Å²) in [5, 5.41) is 15.8. The first-order chi connectivity index (χ1) is 11.7. The van der Waals surface area contributed by atoms with E-state index in [0.717, 1.165) is 22.2 Å². The second-order valence-electron chi connectivity index (χ2n) is 5.37. The summed E-state index contributed by atoms with van der Waals surface area (Å²) in [5.74, 6) is 0. The van der Waals surface area contributed by atoms with E-state index >= 15 is 0 Å². The van der Waals surface area contributed by atoms with Gasteiger partial charge >= 0.3 is 0 Å². The molecule has 0 saturated heterocycles. The van der Waals surface area contributed by atoms with Crippen molar-refractivity contribution in [2.75, 3.05) is 12.4 Å². The van der Waals surface area contributed by atoms with Crippen LogP contribution in [0.25, 0.3) is 10.8 Å². The summed E-state index contributed by atoms with van der Waals surface area (Å²) >= 11 is 0. The molecule has 122 valence electrons. The molecule has 0 amide bonds. The molecular weight excluding hydrogens is 306 g/mol. The molecule has 3 aromatic rings. The van der Waals surface area contributed by atoms with Crippen molar-refractivity contribution in [2.24, 2.45) is 0 Å². The van der Waals surface area contributed by atoms with Gasteiger partial charge in [0.05, 0.1) is 16.9 Å². The van der Waals surface area contributed by atoms with Crippen molar-refractivity contribution >= 4 is 22.1 Å². The summed E-state index contributed by atoms with van der Waals surface area (Å²) < 4.78 is 5.22. The zero-order valence-electron chi connectivity index (χ0n) is 13.2. The predicted molar refractivity (Wildman–Crippen MR) is 92.9 cm³/mol. The van der Waals surface area contributed by atoms with Crippen molar-refractivity contribution in [2.45, 2.75) is 13.2 Å². The number of anilines is 1. The van der Waals surface area contributed by atoms with Crippen LogP contribution < -0.4 is 5.32 Å². The second-order valence-corrected chi connectivity index (χ2v) is 5.37. The fourth-order valence-electron chi connectivity index (χ4n) is 2.71. The van der Waals surface area contributed by atoms with Gasteiger partial charge in [-0.25, -0.2) is 0 Å². The first-order valence-electron chi connectivity index (χ1n) is 7.51. The Labute approximate surface area is 139 Å². The third-order valence-corrected chi connectivity index (χ3v) is 3.88. The molecule has 24 heavy (non-hydrogen) atoms. The number of non-ortho nitro benzene ring substituents is 1. The topological polar surface area (TPSA) is 77.3 Å². The lowest BCUT2D eigenvalue weighted by atomic mass is 10.1. The van der Waals surface area contributed by atoms with Crippen molar-refractivity contribution < 1.29 is 9.66 Å². The highest BCUT2D eigenvalue weighted by molar-refractivity contribution is 5.99. The molecule has 0 aliphatic carbocycles. The number of nitrogens with zero attached hydrogens (tertiary/aromatic N) is 2. The van der Waals surface area contributed by atoms with Gasteiger partial charge in [0.25, 0.3) is 5.69 Å². The largest absolute Gasteiger partial charge is 0.380 e. The maximum absolute atomic E-state index is 11.2. The minimum atomic E-state index is -0.387. The number of nitrogens with one attached hydrogen (secondary N) is 1. The van der Waals surface area contributed by atoms with Crippen molar-refractivity contribution in [3.63, 3.8) is 0 Å². The number of pyridine rings is 1. The van der Waals surface area contributed by atoms with Crippen molar-refractivity contribution in [1.82, 2.24) is 4.98 Å². The highest BCUT2D eigenvalue weighted by Gasteiger charge is 2.14. The van der Waals surface area contributed by atoms with Crippen LogP contribution in [0, 0.1) is 10.1 Å². The average Bonchev–Trinajstić information content (AvgIpc) is 2.60. The number of fused-ring (bicyclic) bond motifs is 1. The summed E-state index contributed by atoms with van der Waals surface area (Å²) in [5.41, 5.74) is 3.13. The molecule has 0 atom stereocenters. The zero-order valence-corrected chi connectivity index (χ0v) is 13.2. The first-order valence-corrected chi connectivity index (χ1v) is 7.51. The number of nitro groups is 1. The molecule has 0 aliphatic rings. The van der Waals surface area contributed by atoms with Crippen LogP contribution in [0.4, 0.5) is 11.4 Å². The highest BCUT2D eigenvalue weighted by Crippen LogP contribution is 2.31. The van der Waals surface area contributed by atoms with Crippen molar-refractivity contribution in [1.29, 1.82) is 0 Å². The quantitative estimate of drug-likeness (QED) is 0.550. The van der Waals surface area contributed by atoms with Crippen LogP contribution in [0.5, 0.6) is 0 Å². The van der Waals surface area contributed by atoms with E-state index in [9.17, 15) is 10.1 Å². The van der Waals surface area contributed by atoms with Crippen LogP contribution in [0.2, 0.25) is 0 Å². The molecule has 0 aliphatic heterocycles. The van der Waals surface area contributed by atoms with Gasteiger partial charge in [0.1, 0.15) is 0 Å². The minimum absolute atomic E-state index is 0.0587. The number of aromatic nitrogens is 1. The van der Waals surface area contributed by atoms with E-state index < -0.39 is 0 Å². The Morgan fingerprint density at radius 2 is 1.92 bits per heavy atom.